The topological polar surface area (TPSA) is 88.2 Å². The third kappa shape index (κ3) is 4.85. The molecular weight excluding hydrogens is 370 g/mol. The van der Waals surface area contributed by atoms with Gasteiger partial charge in [-0.2, -0.15) is 4.31 Å². The Hall–Kier alpha value is -1.52. The van der Waals surface area contributed by atoms with E-state index in [9.17, 15) is 13.2 Å². The Bertz CT molecular complexity index is 747. The Morgan fingerprint density at radius 2 is 1.81 bits per heavy atom. The zero-order valence-electron chi connectivity index (χ0n) is 15.8. The van der Waals surface area contributed by atoms with Crippen LogP contribution in [0.2, 0.25) is 0 Å². The van der Waals surface area contributed by atoms with Crippen LogP contribution in [-0.2, 0) is 24.3 Å². The monoisotopic (exact) mass is 397 g/mol. The van der Waals surface area contributed by atoms with E-state index in [1.165, 1.54) is 16.4 Å². The molecule has 0 aromatic heterocycles. The highest BCUT2D eigenvalue weighted by molar-refractivity contribution is 7.89. The van der Waals surface area contributed by atoms with Gasteiger partial charge in [-0.1, -0.05) is 0 Å². The molecule has 1 N–H and O–H groups in total. The second-order valence-corrected chi connectivity index (χ2v) is 8.82. The lowest BCUT2D eigenvalue weighted by Crippen LogP contribution is -2.50. The average molecular weight is 397 g/mol. The molecule has 2 fully saturated rings. The van der Waals surface area contributed by atoms with Gasteiger partial charge in [-0.25, -0.2) is 8.42 Å². The highest BCUT2D eigenvalue weighted by Crippen LogP contribution is 2.20. The molecule has 0 aliphatic carbocycles. The van der Waals surface area contributed by atoms with Crippen molar-refractivity contribution < 1.29 is 22.7 Å². The maximum atomic E-state index is 12.6. The second kappa shape index (κ2) is 8.66. The Kier molecular flexibility index (Phi) is 6.48. The van der Waals surface area contributed by atoms with E-state index in [2.05, 4.69) is 10.2 Å². The van der Waals surface area contributed by atoms with Crippen LogP contribution in [0.4, 0.5) is 5.69 Å². The van der Waals surface area contributed by atoms with Gasteiger partial charge in [0.05, 0.1) is 36.9 Å². The SMILES string of the molecule is C[C@H]1CN([C@@H](C)C(=O)Nc2ccc(S(=O)(=O)N3CCOCC3)cc2)CCO1. The minimum Gasteiger partial charge on any atom is -0.379 e. The van der Waals surface area contributed by atoms with Gasteiger partial charge in [0, 0.05) is 31.9 Å². The van der Waals surface area contributed by atoms with Crippen LogP contribution in [0, 0.1) is 0 Å². The minimum atomic E-state index is -3.53. The summed E-state index contributed by atoms with van der Waals surface area (Å²) in [6.07, 6.45) is 0.110. The number of nitrogens with one attached hydrogen (secondary N) is 1. The van der Waals surface area contributed by atoms with E-state index in [0.29, 0.717) is 45.1 Å². The number of nitrogens with zero attached hydrogens (tertiary/aromatic N) is 2. The van der Waals surface area contributed by atoms with Gasteiger partial charge in [0.2, 0.25) is 15.9 Å². The molecule has 1 aromatic rings. The molecule has 2 atom stereocenters. The standard InChI is InChI=1S/C18H27N3O5S/c1-14-13-20(7-12-26-14)15(2)18(22)19-16-3-5-17(6-4-16)27(23,24)21-8-10-25-11-9-21/h3-6,14-15H,7-13H2,1-2H3,(H,19,22)/t14-,15-/m0/s1. The summed E-state index contributed by atoms with van der Waals surface area (Å²) in [7, 11) is -3.53. The molecule has 27 heavy (non-hydrogen) atoms. The molecular formula is C18H27N3O5S. The quantitative estimate of drug-likeness (QED) is 0.789. The van der Waals surface area contributed by atoms with Crippen LogP contribution in [0.1, 0.15) is 13.8 Å². The van der Waals surface area contributed by atoms with Crippen molar-refractivity contribution >= 4 is 21.6 Å². The summed E-state index contributed by atoms with van der Waals surface area (Å²) in [5.41, 5.74) is 0.578. The van der Waals surface area contributed by atoms with E-state index in [1.807, 2.05) is 13.8 Å². The average Bonchev–Trinajstić information content (AvgIpc) is 2.68. The maximum absolute atomic E-state index is 12.6. The van der Waals surface area contributed by atoms with Gasteiger partial charge in [-0.05, 0) is 38.1 Å². The van der Waals surface area contributed by atoms with Gasteiger partial charge in [-0.15, -0.1) is 0 Å². The molecule has 0 saturated carbocycles. The lowest BCUT2D eigenvalue weighted by atomic mass is 10.2. The number of amides is 1. The van der Waals surface area contributed by atoms with Crippen LogP contribution in [-0.4, -0.2) is 81.7 Å². The summed E-state index contributed by atoms with van der Waals surface area (Å²) in [6.45, 7) is 7.44. The first-order valence-electron chi connectivity index (χ1n) is 9.22. The molecule has 2 aliphatic rings. The zero-order chi connectivity index (χ0) is 19.4. The maximum Gasteiger partial charge on any atom is 0.243 e. The first-order valence-corrected chi connectivity index (χ1v) is 10.7. The predicted octanol–water partition coefficient (Wildman–Crippen LogP) is 0.755. The Morgan fingerprint density at radius 3 is 2.44 bits per heavy atom. The van der Waals surface area contributed by atoms with Crippen molar-refractivity contribution in [1.82, 2.24) is 9.21 Å². The third-order valence-corrected chi connectivity index (χ3v) is 6.84. The first-order chi connectivity index (χ1) is 12.9. The molecule has 3 rings (SSSR count). The Morgan fingerprint density at radius 1 is 1.15 bits per heavy atom. The van der Waals surface area contributed by atoms with E-state index in [1.54, 1.807) is 12.1 Å². The van der Waals surface area contributed by atoms with Crippen molar-refractivity contribution in [1.29, 1.82) is 0 Å². The van der Waals surface area contributed by atoms with Crippen molar-refractivity contribution in [2.45, 2.75) is 30.9 Å². The number of morpholine rings is 2. The highest BCUT2D eigenvalue weighted by Gasteiger charge is 2.27. The Balaban J connectivity index is 1.62. The summed E-state index contributed by atoms with van der Waals surface area (Å²) >= 11 is 0. The number of benzene rings is 1. The summed E-state index contributed by atoms with van der Waals surface area (Å²) in [5.74, 6) is -0.118. The molecule has 0 radical (unpaired) electrons. The summed E-state index contributed by atoms with van der Waals surface area (Å²) in [6, 6.07) is 6.02. The van der Waals surface area contributed by atoms with Gasteiger partial charge in [0.25, 0.3) is 0 Å². The van der Waals surface area contributed by atoms with Crippen molar-refractivity contribution in [3.05, 3.63) is 24.3 Å². The lowest BCUT2D eigenvalue weighted by molar-refractivity contribution is -0.123. The number of sulfonamides is 1. The van der Waals surface area contributed by atoms with Crippen molar-refractivity contribution in [3.8, 4) is 0 Å². The van der Waals surface area contributed by atoms with Crippen LogP contribution in [0.25, 0.3) is 0 Å². The number of carbonyl (C=O) groups is 1. The largest absolute Gasteiger partial charge is 0.379 e. The molecule has 0 spiro atoms. The van der Waals surface area contributed by atoms with E-state index in [0.717, 1.165) is 6.54 Å². The predicted molar refractivity (Wildman–Crippen MR) is 101 cm³/mol. The fraction of sp³-hybridized carbons (Fsp3) is 0.611. The van der Waals surface area contributed by atoms with Gasteiger partial charge in [-0.3, -0.25) is 9.69 Å². The van der Waals surface area contributed by atoms with Gasteiger partial charge in [0.15, 0.2) is 0 Å². The molecule has 150 valence electrons. The third-order valence-electron chi connectivity index (χ3n) is 4.93. The number of hydrogen-bond donors (Lipinski definition) is 1. The number of anilines is 1. The zero-order valence-corrected chi connectivity index (χ0v) is 16.6. The van der Waals surface area contributed by atoms with Crippen molar-refractivity contribution in [3.63, 3.8) is 0 Å². The minimum absolute atomic E-state index is 0.110. The molecule has 2 saturated heterocycles. The number of hydrogen-bond acceptors (Lipinski definition) is 6. The number of carbonyl (C=O) groups excluding carboxylic acids is 1. The van der Waals surface area contributed by atoms with E-state index >= 15 is 0 Å². The second-order valence-electron chi connectivity index (χ2n) is 6.88. The van der Waals surface area contributed by atoms with E-state index < -0.39 is 10.0 Å². The van der Waals surface area contributed by atoms with E-state index in [-0.39, 0.29) is 22.9 Å². The summed E-state index contributed by atoms with van der Waals surface area (Å²) < 4.78 is 37.4. The Labute approximate surface area is 160 Å². The van der Waals surface area contributed by atoms with Crippen molar-refractivity contribution in [2.24, 2.45) is 0 Å². The fourth-order valence-corrected chi connectivity index (χ4v) is 4.66. The molecule has 2 aliphatic heterocycles. The van der Waals surface area contributed by atoms with Gasteiger partial charge < -0.3 is 14.8 Å². The van der Waals surface area contributed by atoms with Crippen LogP contribution >= 0.6 is 0 Å². The molecule has 1 aromatic carbocycles. The number of rotatable bonds is 5. The van der Waals surface area contributed by atoms with Crippen LogP contribution in [0.15, 0.2) is 29.2 Å². The van der Waals surface area contributed by atoms with Gasteiger partial charge >= 0.3 is 0 Å². The lowest BCUT2D eigenvalue weighted by Gasteiger charge is -2.34. The molecule has 8 nitrogen and oxygen atoms in total. The highest BCUT2D eigenvalue weighted by atomic mass is 32.2. The first kappa shape index (κ1) is 20.2. The van der Waals surface area contributed by atoms with Crippen molar-refractivity contribution in [2.75, 3.05) is 51.3 Å². The molecule has 2 heterocycles. The normalized spacial score (nSPS) is 23.7. The molecule has 1 amide bonds. The van der Waals surface area contributed by atoms with Gasteiger partial charge in [0.1, 0.15) is 0 Å². The summed E-state index contributed by atoms with van der Waals surface area (Å²) in [5, 5.41) is 2.86. The molecule has 0 unspecified atom stereocenters. The summed E-state index contributed by atoms with van der Waals surface area (Å²) in [4.78, 5) is 14.8. The fourth-order valence-electron chi connectivity index (χ4n) is 3.26. The molecule has 0 bridgehead atoms. The van der Waals surface area contributed by atoms with E-state index in [4.69, 9.17) is 9.47 Å². The van der Waals surface area contributed by atoms with Crippen LogP contribution < -0.4 is 5.32 Å². The number of ether oxygens (including phenoxy) is 2. The smallest absolute Gasteiger partial charge is 0.243 e. The molecule has 9 heteroatoms. The van der Waals surface area contributed by atoms with Crippen LogP contribution in [0.5, 0.6) is 0 Å². The van der Waals surface area contributed by atoms with Crippen LogP contribution in [0.3, 0.4) is 0 Å².